The van der Waals surface area contributed by atoms with E-state index >= 15 is 0 Å². The van der Waals surface area contributed by atoms with Crippen LogP contribution >= 0.6 is 11.3 Å². The summed E-state index contributed by atoms with van der Waals surface area (Å²) >= 11 is 1.71. The third kappa shape index (κ3) is 2.23. The van der Waals surface area contributed by atoms with Crippen LogP contribution < -0.4 is 0 Å². The van der Waals surface area contributed by atoms with E-state index in [1.165, 1.54) is 10.1 Å². The first-order valence-electron chi connectivity index (χ1n) is 6.06. The van der Waals surface area contributed by atoms with Gasteiger partial charge in [-0.25, -0.2) is 0 Å². The number of aliphatic hydroxyl groups excluding tert-OH is 1. The van der Waals surface area contributed by atoms with Crippen LogP contribution in [0.4, 0.5) is 0 Å². The van der Waals surface area contributed by atoms with Gasteiger partial charge in [-0.05, 0) is 41.2 Å². The SMILES string of the molecule is OC(CC1CCOC1)c1cccc2ccsc12. The molecule has 1 aliphatic rings. The summed E-state index contributed by atoms with van der Waals surface area (Å²) in [6.07, 6.45) is 1.54. The summed E-state index contributed by atoms with van der Waals surface area (Å²) in [4.78, 5) is 0. The van der Waals surface area contributed by atoms with Gasteiger partial charge in [-0.1, -0.05) is 18.2 Å². The molecule has 0 amide bonds. The third-order valence-electron chi connectivity index (χ3n) is 3.45. The molecule has 0 spiro atoms. The molecule has 0 radical (unpaired) electrons. The first-order valence-corrected chi connectivity index (χ1v) is 6.94. The number of aliphatic hydroxyl groups is 1. The van der Waals surface area contributed by atoms with Gasteiger partial charge in [0.1, 0.15) is 0 Å². The van der Waals surface area contributed by atoms with Crippen LogP contribution in [0.25, 0.3) is 10.1 Å². The van der Waals surface area contributed by atoms with Crippen molar-refractivity contribution in [2.75, 3.05) is 13.2 Å². The Bertz CT molecular complexity index is 500. The molecule has 90 valence electrons. The minimum atomic E-state index is -0.357. The molecule has 1 aromatic carbocycles. The number of benzene rings is 1. The quantitative estimate of drug-likeness (QED) is 0.902. The third-order valence-corrected chi connectivity index (χ3v) is 4.43. The molecule has 1 N–H and O–H groups in total. The highest BCUT2D eigenvalue weighted by atomic mass is 32.1. The van der Waals surface area contributed by atoms with Crippen molar-refractivity contribution >= 4 is 21.4 Å². The molecule has 1 aromatic heterocycles. The maximum absolute atomic E-state index is 10.3. The van der Waals surface area contributed by atoms with Gasteiger partial charge in [0.15, 0.2) is 0 Å². The maximum Gasteiger partial charge on any atom is 0.0807 e. The molecule has 1 saturated heterocycles. The van der Waals surface area contributed by atoms with Crippen LogP contribution in [0.2, 0.25) is 0 Å². The predicted octanol–water partition coefficient (Wildman–Crippen LogP) is 3.36. The molecule has 17 heavy (non-hydrogen) atoms. The number of fused-ring (bicyclic) bond motifs is 1. The lowest BCUT2D eigenvalue weighted by Crippen LogP contribution is -2.07. The second-order valence-electron chi connectivity index (χ2n) is 4.67. The van der Waals surface area contributed by atoms with Crippen molar-refractivity contribution in [1.29, 1.82) is 0 Å². The average molecular weight is 248 g/mol. The summed E-state index contributed by atoms with van der Waals surface area (Å²) in [5.74, 6) is 0.514. The standard InChI is InChI=1S/C14H16O2S/c15-13(8-10-4-6-16-9-10)12-3-1-2-11-5-7-17-14(11)12/h1-3,5,7,10,13,15H,4,6,8-9H2. The summed E-state index contributed by atoms with van der Waals surface area (Å²) in [6, 6.07) is 8.27. The number of hydrogen-bond donors (Lipinski definition) is 1. The Morgan fingerprint density at radius 2 is 2.35 bits per heavy atom. The van der Waals surface area contributed by atoms with Gasteiger partial charge >= 0.3 is 0 Å². The fourth-order valence-electron chi connectivity index (χ4n) is 2.49. The van der Waals surface area contributed by atoms with Crippen LogP contribution in [0.5, 0.6) is 0 Å². The van der Waals surface area contributed by atoms with E-state index in [4.69, 9.17) is 4.74 Å². The van der Waals surface area contributed by atoms with E-state index in [1.54, 1.807) is 11.3 Å². The summed E-state index contributed by atoms with van der Waals surface area (Å²) in [5.41, 5.74) is 1.07. The van der Waals surface area contributed by atoms with Crippen LogP contribution in [-0.2, 0) is 4.74 Å². The zero-order valence-corrected chi connectivity index (χ0v) is 10.5. The number of thiophene rings is 1. The van der Waals surface area contributed by atoms with E-state index in [0.717, 1.165) is 31.6 Å². The zero-order valence-electron chi connectivity index (χ0n) is 9.63. The molecule has 2 atom stereocenters. The van der Waals surface area contributed by atoms with Gasteiger partial charge in [0.25, 0.3) is 0 Å². The van der Waals surface area contributed by atoms with Gasteiger partial charge in [0.05, 0.1) is 6.10 Å². The monoisotopic (exact) mass is 248 g/mol. The fourth-order valence-corrected chi connectivity index (χ4v) is 3.45. The molecule has 0 aliphatic carbocycles. The van der Waals surface area contributed by atoms with Crippen molar-refractivity contribution in [1.82, 2.24) is 0 Å². The Morgan fingerprint density at radius 1 is 1.41 bits per heavy atom. The minimum Gasteiger partial charge on any atom is -0.388 e. The summed E-state index contributed by atoms with van der Waals surface area (Å²) in [6.45, 7) is 1.65. The van der Waals surface area contributed by atoms with Gasteiger partial charge in [0.2, 0.25) is 0 Å². The van der Waals surface area contributed by atoms with Crippen LogP contribution in [0.15, 0.2) is 29.6 Å². The first-order chi connectivity index (χ1) is 8.34. The molecule has 2 unspecified atom stereocenters. The Hall–Kier alpha value is -0.900. The highest BCUT2D eigenvalue weighted by Gasteiger charge is 2.21. The molecule has 2 nitrogen and oxygen atoms in total. The normalized spacial score (nSPS) is 22.1. The van der Waals surface area contributed by atoms with Crippen molar-refractivity contribution in [3.63, 3.8) is 0 Å². The van der Waals surface area contributed by atoms with E-state index in [1.807, 2.05) is 12.1 Å². The van der Waals surface area contributed by atoms with E-state index in [0.29, 0.717) is 5.92 Å². The van der Waals surface area contributed by atoms with Crippen LogP contribution in [0.1, 0.15) is 24.5 Å². The molecule has 1 fully saturated rings. The van der Waals surface area contributed by atoms with E-state index in [-0.39, 0.29) is 6.10 Å². The Labute approximate surface area is 105 Å². The molecule has 0 bridgehead atoms. The Morgan fingerprint density at radius 3 is 3.18 bits per heavy atom. The van der Waals surface area contributed by atoms with Gasteiger partial charge < -0.3 is 9.84 Å². The van der Waals surface area contributed by atoms with Gasteiger partial charge in [-0.3, -0.25) is 0 Å². The van der Waals surface area contributed by atoms with Crippen LogP contribution in [-0.4, -0.2) is 18.3 Å². The lowest BCUT2D eigenvalue weighted by molar-refractivity contribution is 0.131. The van der Waals surface area contributed by atoms with E-state index in [9.17, 15) is 5.11 Å². The average Bonchev–Trinajstić information content (AvgIpc) is 2.97. The summed E-state index contributed by atoms with van der Waals surface area (Å²) < 4.78 is 6.58. The smallest absolute Gasteiger partial charge is 0.0807 e. The molecule has 3 rings (SSSR count). The van der Waals surface area contributed by atoms with Crippen molar-refractivity contribution in [2.24, 2.45) is 5.92 Å². The number of rotatable bonds is 3. The molecule has 2 aromatic rings. The zero-order chi connectivity index (χ0) is 11.7. The molecule has 3 heteroatoms. The lowest BCUT2D eigenvalue weighted by Gasteiger charge is -2.15. The Kier molecular flexibility index (Phi) is 3.14. The first kappa shape index (κ1) is 11.2. The van der Waals surface area contributed by atoms with Crippen LogP contribution in [0, 0.1) is 5.92 Å². The molecular weight excluding hydrogens is 232 g/mol. The van der Waals surface area contributed by atoms with Gasteiger partial charge in [-0.2, -0.15) is 0 Å². The van der Waals surface area contributed by atoms with E-state index < -0.39 is 0 Å². The topological polar surface area (TPSA) is 29.5 Å². The molecule has 0 saturated carbocycles. The molecular formula is C14H16O2S. The van der Waals surface area contributed by atoms with E-state index in [2.05, 4.69) is 17.5 Å². The van der Waals surface area contributed by atoms with Crippen molar-refractivity contribution in [3.8, 4) is 0 Å². The van der Waals surface area contributed by atoms with Crippen LogP contribution in [0.3, 0.4) is 0 Å². The predicted molar refractivity (Wildman–Crippen MR) is 70.3 cm³/mol. The van der Waals surface area contributed by atoms with Crippen molar-refractivity contribution in [3.05, 3.63) is 35.2 Å². The summed E-state index contributed by atoms with van der Waals surface area (Å²) in [5, 5.41) is 13.7. The highest BCUT2D eigenvalue weighted by Crippen LogP contribution is 2.33. The van der Waals surface area contributed by atoms with Gasteiger partial charge in [-0.15, -0.1) is 11.3 Å². The largest absolute Gasteiger partial charge is 0.388 e. The van der Waals surface area contributed by atoms with Crippen molar-refractivity contribution < 1.29 is 9.84 Å². The Balaban J connectivity index is 1.84. The lowest BCUT2D eigenvalue weighted by atomic mass is 9.96. The number of ether oxygens (including phenoxy) is 1. The second-order valence-corrected chi connectivity index (χ2v) is 5.58. The second kappa shape index (κ2) is 4.77. The fraction of sp³-hybridized carbons (Fsp3) is 0.429. The summed E-state index contributed by atoms with van der Waals surface area (Å²) in [7, 11) is 0. The number of hydrogen-bond acceptors (Lipinski definition) is 3. The van der Waals surface area contributed by atoms with Crippen molar-refractivity contribution in [2.45, 2.75) is 18.9 Å². The highest BCUT2D eigenvalue weighted by molar-refractivity contribution is 7.17. The minimum absolute atomic E-state index is 0.357. The maximum atomic E-state index is 10.3. The molecule has 1 aliphatic heterocycles. The molecule has 2 heterocycles. The van der Waals surface area contributed by atoms with Gasteiger partial charge in [0, 0.05) is 17.9 Å².